The quantitative estimate of drug-likeness (QED) is 0.452. The molecule has 0 aliphatic rings. The maximum atomic E-state index is 12.9. The van der Waals surface area contributed by atoms with Crippen LogP contribution in [0, 0.1) is 6.92 Å². The summed E-state index contributed by atoms with van der Waals surface area (Å²) >= 11 is 6.04. The van der Waals surface area contributed by atoms with Gasteiger partial charge < -0.3 is 9.73 Å². The molecule has 28 heavy (non-hydrogen) atoms. The van der Waals surface area contributed by atoms with Crippen LogP contribution in [0.1, 0.15) is 21.7 Å². The van der Waals surface area contributed by atoms with Crippen molar-refractivity contribution in [1.29, 1.82) is 0 Å². The Kier molecular flexibility index (Phi) is 5.18. The van der Waals surface area contributed by atoms with Crippen LogP contribution in [-0.2, 0) is 6.42 Å². The summed E-state index contributed by atoms with van der Waals surface area (Å²) in [5, 5.41) is 4.57. The molecule has 0 bridgehead atoms. The molecule has 0 radical (unpaired) electrons. The molecule has 0 atom stereocenters. The highest BCUT2D eigenvalue weighted by Crippen LogP contribution is 2.36. The molecule has 0 spiro atoms. The summed E-state index contributed by atoms with van der Waals surface area (Å²) in [6.45, 7) is 2.57. The second kappa shape index (κ2) is 7.91. The van der Waals surface area contributed by atoms with Gasteiger partial charge in [0.2, 0.25) is 5.76 Å². The van der Waals surface area contributed by atoms with Crippen LogP contribution in [0.3, 0.4) is 0 Å². The number of hydrogen-bond acceptors (Lipinski definition) is 2. The van der Waals surface area contributed by atoms with Crippen molar-refractivity contribution >= 4 is 28.5 Å². The van der Waals surface area contributed by atoms with E-state index in [-0.39, 0.29) is 5.91 Å². The highest BCUT2D eigenvalue weighted by atomic mass is 35.5. The topological polar surface area (TPSA) is 42.2 Å². The smallest absolute Gasteiger partial charge is 0.287 e. The third kappa shape index (κ3) is 3.80. The van der Waals surface area contributed by atoms with Crippen LogP contribution in [0.15, 0.2) is 77.2 Å². The Morgan fingerprint density at radius 2 is 1.75 bits per heavy atom. The Balaban J connectivity index is 1.66. The van der Waals surface area contributed by atoms with E-state index in [1.165, 1.54) is 5.56 Å². The molecule has 4 aromatic rings. The normalized spacial score (nSPS) is 10.9. The molecule has 0 unspecified atom stereocenters. The van der Waals surface area contributed by atoms with Crippen LogP contribution in [0.5, 0.6) is 0 Å². The van der Waals surface area contributed by atoms with E-state index in [1.807, 2.05) is 67.6 Å². The maximum Gasteiger partial charge on any atom is 0.287 e. The molecule has 3 nitrogen and oxygen atoms in total. The fourth-order valence-electron chi connectivity index (χ4n) is 3.32. The molecule has 1 heterocycles. The molecule has 1 amide bonds. The number of fused-ring (bicyclic) bond motifs is 1. The molecule has 0 saturated carbocycles. The third-order valence-corrected chi connectivity index (χ3v) is 4.98. The number of nitrogens with one attached hydrogen (secondary N) is 1. The zero-order valence-corrected chi connectivity index (χ0v) is 16.3. The molecular weight excluding hydrogens is 370 g/mol. The van der Waals surface area contributed by atoms with Gasteiger partial charge in [-0.05, 0) is 48.7 Å². The van der Waals surface area contributed by atoms with Crippen molar-refractivity contribution in [2.45, 2.75) is 13.3 Å². The van der Waals surface area contributed by atoms with Gasteiger partial charge in [-0.2, -0.15) is 0 Å². The first-order valence-electron chi connectivity index (χ1n) is 9.23. The van der Waals surface area contributed by atoms with Crippen molar-refractivity contribution in [1.82, 2.24) is 5.32 Å². The lowest BCUT2D eigenvalue weighted by Crippen LogP contribution is -2.25. The van der Waals surface area contributed by atoms with Gasteiger partial charge in [-0.3, -0.25) is 4.79 Å². The molecule has 140 valence electrons. The number of rotatable bonds is 5. The predicted molar refractivity (Wildman–Crippen MR) is 114 cm³/mol. The lowest BCUT2D eigenvalue weighted by atomic mass is 10.0. The van der Waals surface area contributed by atoms with Crippen molar-refractivity contribution < 1.29 is 9.21 Å². The molecule has 1 N–H and O–H groups in total. The lowest BCUT2D eigenvalue weighted by molar-refractivity contribution is 0.0929. The van der Waals surface area contributed by atoms with Crippen LogP contribution in [0.2, 0.25) is 5.02 Å². The van der Waals surface area contributed by atoms with Gasteiger partial charge in [0, 0.05) is 22.5 Å². The van der Waals surface area contributed by atoms with E-state index in [4.69, 9.17) is 16.0 Å². The Morgan fingerprint density at radius 1 is 1.00 bits per heavy atom. The van der Waals surface area contributed by atoms with Crippen LogP contribution in [-0.4, -0.2) is 12.5 Å². The van der Waals surface area contributed by atoms with E-state index < -0.39 is 0 Å². The molecule has 4 heteroatoms. The maximum absolute atomic E-state index is 12.9. The minimum absolute atomic E-state index is 0.213. The van der Waals surface area contributed by atoms with Gasteiger partial charge in [0.25, 0.3) is 5.91 Å². The largest absolute Gasteiger partial charge is 0.450 e. The number of amides is 1. The Bertz CT molecular complexity index is 1110. The van der Waals surface area contributed by atoms with E-state index >= 15 is 0 Å². The van der Waals surface area contributed by atoms with E-state index in [2.05, 4.69) is 17.4 Å². The summed E-state index contributed by atoms with van der Waals surface area (Å²) < 4.78 is 5.96. The zero-order valence-electron chi connectivity index (χ0n) is 15.5. The van der Waals surface area contributed by atoms with Gasteiger partial charge in [-0.25, -0.2) is 0 Å². The Morgan fingerprint density at radius 3 is 2.50 bits per heavy atom. The number of hydrogen-bond donors (Lipinski definition) is 1. The van der Waals surface area contributed by atoms with E-state index in [0.29, 0.717) is 22.9 Å². The first kappa shape index (κ1) is 18.3. The molecule has 0 saturated heterocycles. The fourth-order valence-corrected chi connectivity index (χ4v) is 3.45. The Labute approximate surface area is 168 Å². The van der Waals surface area contributed by atoms with Crippen molar-refractivity contribution in [3.8, 4) is 11.1 Å². The summed E-state index contributed by atoms with van der Waals surface area (Å²) in [5.41, 5.74) is 4.69. The van der Waals surface area contributed by atoms with Gasteiger partial charge in [0.1, 0.15) is 5.58 Å². The molecule has 0 aliphatic heterocycles. The second-order valence-electron chi connectivity index (χ2n) is 6.80. The van der Waals surface area contributed by atoms with Crippen LogP contribution in [0.4, 0.5) is 0 Å². The van der Waals surface area contributed by atoms with Crippen molar-refractivity contribution in [3.05, 3.63) is 94.7 Å². The van der Waals surface area contributed by atoms with Gasteiger partial charge in [-0.15, -0.1) is 0 Å². The SMILES string of the molecule is Cc1ccc2oc(C(=O)NCCc3ccccc3)c(-c3ccc(Cl)cc3)c2c1. The van der Waals surface area contributed by atoms with Gasteiger partial charge in [0.15, 0.2) is 0 Å². The van der Waals surface area contributed by atoms with E-state index in [9.17, 15) is 4.79 Å². The number of benzene rings is 3. The lowest BCUT2D eigenvalue weighted by Gasteiger charge is -2.06. The zero-order chi connectivity index (χ0) is 19.5. The minimum atomic E-state index is -0.213. The van der Waals surface area contributed by atoms with Gasteiger partial charge in [-0.1, -0.05) is 65.7 Å². The van der Waals surface area contributed by atoms with Crippen molar-refractivity contribution in [3.63, 3.8) is 0 Å². The standard InChI is InChI=1S/C24H20ClNO2/c1-16-7-12-21-20(15-16)22(18-8-10-19(25)11-9-18)23(28-21)24(27)26-14-13-17-5-3-2-4-6-17/h2-12,15H,13-14H2,1H3,(H,26,27). The first-order valence-corrected chi connectivity index (χ1v) is 9.61. The number of furan rings is 1. The van der Waals surface area contributed by atoms with Crippen LogP contribution in [0.25, 0.3) is 22.1 Å². The minimum Gasteiger partial charge on any atom is -0.450 e. The van der Waals surface area contributed by atoms with Gasteiger partial charge >= 0.3 is 0 Å². The molecular formula is C24H20ClNO2. The second-order valence-corrected chi connectivity index (χ2v) is 7.24. The summed E-state index contributed by atoms with van der Waals surface area (Å²) in [5.74, 6) is 0.116. The Hall–Kier alpha value is -3.04. The molecule has 4 rings (SSSR count). The number of carbonyl (C=O) groups excluding carboxylic acids is 1. The highest BCUT2D eigenvalue weighted by molar-refractivity contribution is 6.30. The summed E-state index contributed by atoms with van der Waals surface area (Å²) in [6, 6.07) is 23.5. The van der Waals surface area contributed by atoms with E-state index in [0.717, 1.165) is 28.5 Å². The van der Waals surface area contributed by atoms with Crippen molar-refractivity contribution in [2.75, 3.05) is 6.54 Å². The van der Waals surface area contributed by atoms with Gasteiger partial charge in [0.05, 0.1) is 0 Å². The number of halogens is 1. The summed E-state index contributed by atoms with van der Waals surface area (Å²) in [7, 11) is 0. The average molecular weight is 390 g/mol. The molecule has 1 aromatic heterocycles. The monoisotopic (exact) mass is 389 g/mol. The highest BCUT2D eigenvalue weighted by Gasteiger charge is 2.21. The third-order valence-electron chi connectivity index (χ3n) is 4.72. The van der Waals surface area contributed by atoms with Crippen LogP contribution < -0.4 is 5.32 Å². The first-order chi connectivity index (χ1) is 13.6. The average Bonchev–Trinajstić information content (AvgIpc) is 3.08. The number of carbonyl (C=O) groups is 1. The molecule has 0 aliphatic carbocycles. The van der Waals surface area contributed by atoms with Crippen LogP contribution >= 0.6 is 11.6 Å². The summed E-state index contributed by atoms with van der Waals surface area (Å²) in [4.78, 5) is 12.9. The fraction of sp³-hybridized carbons (Fsp3) is 0.125. The molecule has 3 aromatic carbocycles. The summed E-state index contributed by atoms with van der Waals surface area (Å²) in [6.07, 6.45) is 0.766. The van der Waals surface area contributed by atoms with E-state index in [1.54, 1.807) is 0 Å². The van der Waals surface area contributed by atoms with Crippen molar-refractivity contribution in [2.24, 2.45) is 0 Å². The number of aryl methyl sites for hydroxylation is 1. The predicted octanol–water partition coefficient (Wildman–Crippen LogP) is 6.03. The molecule has 0 fully saturated rings.